The maximum absolute atomic E-state index is 13.2. The van der Waals surface area contributed by atoms with E-state index in [-0.39, 0.29) is 30.5 Å². The Morgan fingerprint density at radius 1 is 1.40 bits per heavy atom. The SMILES string of the molecule is COC(=O)CCCC(=O)n1nc(N)c2ccc(F)cc21. The highest BCUT2D eigenvalue weighted by Gasteiger charge is 2.15. The van der Waals surface area contributed by atoms with E-state index in [0.29, 0.717) is 17.3 Å². The maximum Gasteiger partial charge on any atom is 0.305 e. The van der Waals surface area contributed by atoms with Gasteiger partial charge in [0, 0.05) is 24.3 Å². The van der Waals surface area contributed by atoms with Crippen LogP contribution < -0.4 is 5.73 Å². The number of hydrogen-bond acceptors (Lipinski definition) is 5. The molecule has 20 heavy (non-hydrogen) atoms. The van der Waals surface area contributed by atoms with Gasteiger partial charge >= 0.3 is 5.97 Å². The number of nitrogens with zero attached hydrogens (tertiary/aromatic N) is 2. The fourth-order valence-electron chi connectivity index (χ4n) is 1.89. The number of nitrogen functional groups attached to an aromatic ring is 1. The number of carbonyl (C=O) groups is 2. The van der Waals surface area contributed by atoms with Gasteiger partial charge < -0.3 is 10.5 Å². The molecule has 0 saturated carbocycles. The number of nitrogens with two attached hydrogens (primary N) is 1. The van der Waals surface area contributed by atoms with Crippen LogP contribution in [0.25, 0.3) is 10.9 Å². The largest absolute Gasteiger partial charge is 0.469 e. The molecule has 1 aromatic heterocycles. The van der Waals surface area contributed by atoms with E-state index in [9.17, 15) is 14.0 Å². The van der Waals surface area contributed by atoms with Crippen molar-refractivity contribution in [3.8, 4) is 0 Å². The van der Waals surface area contributed by atoms with Gasteiger partial charge in [0.15, 0.2) is 5.82 Å². The molecule has 6 nitrogen and oxygen atoms in total. The third kappa shape index (κ3) is 2.76. The average Bonchev–Trinajstić information content (AvgIpc) is 2.75. The molecule has 7 heteroatoms. The van der Waals surface area contributed by atoms with Gasteiger partial charge in [-0.1, -0.05) is 0 Å². The number of anilines is 1. The van der Waals surface area contributed by atoms with Crippen molar-refractivity contribution in [2.24, 2.45) is 0 Å². The van der Waals surface area contributed by atoms with Crippen LogP contribution in [0, 0.1) is 5.82 Å². The normalized spacial score (nSPS) is 10.7. The number of hydrogen-bond donors (Lipinski definition) is 1. The standard InChI is InChI=1S/C13H14FN3O3/c1-20-12(19)4-2-3-11(18)17-10-7-8(14)5-6-9(10)13(15)16-17/h5-7H,2-4H2,1H3,(H2,15,16). The minimum atomic E-state index is -0.471. The second kappa shape index (κ2) is 5.68. The van der Waals surface area contributed by atoms with Crippen molar-refractivity contribution >= 4 is 28.6 Å². The van der Waals surface area contributed by atoms with Crippen LogP contribution in [-0.2, 0) is 9.53 Å². The molecule has 0 bridgehead atoms. The van der Waals surface area contributed by atoms with E-state index in [4.69, 9.17) is 5.73 Å². The molecule has 1 heterocycles. The van der Waals surface area contributed by atoms with Crippen molar-refractivity contribution in [3.05, 3.63) is 24.0 Å². The monoisotopic (exact) mass is 279 g/mol. The highest BCUT2D eigenvalue weighted by Crippen LogP contribution is 2.21. The maximum atomic E-state index is 13.2. The summed E-state index contributed by atoms with van der Waals surface area (Å²) in [5, 5.41) is 4.43. The summed E-state index contributed by atoms with van der Waals surface area (Å²) in [6, 6.07) is 3.94. The van der Waals surface area contributed by atoms with Crippen LogP contribution in [0.3, 0.4) is 0 Å². The summed E-state index contributed by atoms with van der Waals surface area (Å²) in [7, 11) is 1.29. The van der Waals surface area contributed by atoms with Gasteiger partial charge in [-0.25, -0.2) is 4.39 Å². The van der Waals surface area contributed by atoms with Crippen molar-refractivity contribution in [1.29, 1.82) is 0 Å². The van der Waals surface area contributed by atoms with Gasteiger partial charge in [0.1, 0.15) is 5.82 Å². The first-order valence-electron chi connectivity index (χ1n) is 6.06. The Bertz CT molecular complexity index is 666. The molecule has 2 aromatic rings. The molecule has 106 valence electrons. The summed E-state index contributed by atoms with van der Waals surface area (Å²) in [6.45, 7) is 0. The van der Waals surface area contributed by atoms with Crippen LogP contribution in [0.1, 0.15) is 24.1 Å². The number of carbonyl (C=O) groups excluding carboxylic acids is 2. The molecular formula is C13H14FN3O3. The molecule has 0 amide bonds. The van der Waals surface area contributed by atoms with Gasteiger partial charge in [-0.2, -0.15) is 4.68 Å². The van der Waals surface area contributed by atoms with Crippen LogP contribution >= 0.6 is 0 Å². The highest BCUT2D eigenvalue weighted by atomic mass is 19.1. The van der Waals surface area contributed by atoms with Crippen molar-refractivity contribution in [3.63, 3.8) is 0 Å². The molecule has 2 rings (SSSR count). The number of fused-ring (bicyclic) bond motifs is 1. The van der Waals surface area contributed by atoms with Gasteiger partial charge in [-0.05, 0) is 18.6 Å². The molecule has 0 atom stereocenters. The van der Waals surface area contributed by atoms with E-state index < -0.39 is 5.82 Å². The molecule has 0 aliphatic rings. The summed E-state index contributed by atoms with van der Waals surface area (Å²) in [5.41, 5.74) is 6.01. The third-order valence-electron chi connectivity index (χ3n) is 2.91. The zero-order chi connectivity index (χ0) is 14.7. The second-order valence-corrected chi connectivity index (χ2v) is 4.28. The Morgan fingerprint density at radius 2 is 2.15 bits per heavy atom. The molecular weight excluding hydrogens is 265 g/mol. The second-order valence-electron chi connectivity index (χ2n) is 4.28. The first-order chi connectivity index (χ1) is 9.52. The lowest BCUT2D eigenvalue weighted by Crippen LogP contribution is -2.13. The Kier molecular flexibility index (Phi) is 3.97. The summed E-state index contributed by atoms with van der Waals surface area (Å²) in [6.07, 6.45) is 0.579. The number of rotatable bonds is 4. The lowest BCUT2D eigenvalue weighted by molar-refractivity contribution is -0.140. The third-order valence-corrected chi connectivity index (χ3v) is 2.91. The van der Waals surface area contributed by atoms with Gasteiger partial charge in [-0.3, -0.25) is 9.59 Å². The van der Waals surface area contributed by atoms with E-state index >= 15 is 0 Å². The average molecular weight is 279 g/mol. The summed E-state index contributed by atoms with van der Waals surface area (Å²) in [5.74, 6) is -1.03. The van der Waals surface area contributed by atoms with Crippen molar-refractivity contribution < 1.29 is 18.7 Å². The number of halogens is 1. The van der Waals surface area contributed by atoms with Crippen molar-refractivity contribution in [2.45, 2.75) is 19.3 Å². The van der Waals surface area contributed by atoms with Gasteiger partial charge in [-0.15, -0.1) is 5.10 Å². The minimum Gasteiger partial charge on any atom is -0.469 e. The zero-order valence-electron chi connectivity index (χ0n) is 10.9. The summed E-state index contributed by atoms with van der Waals surface area (Å²) < 4.78 is 18.8. The van der Waals surface area contributed by atoms with Crippen molar-refractivity contribution in [1.82, 2.24) is 9.78 Å². The smallest absolute Gasteiger partial charge is 0.305 e. The Morgan fingerprint density at radius 3 is 2.85 bits per heavy atom. The Hall–Kier alpha value is -2.44. The van der Waals surface area contributed by atoms with Crippen molar-refractivity contribution in [2.75, 3.05) is 12.8 Å². The fraction of sp³-hybridized carbons (Fsp3) is 0.308. The van der Waals surface area contributed by atoms with E-state index in [1.807, 2.05) is 0 Å². The van der Waals surface area contributed by atoms with E-state index in [1.54, 1.807) is 0 Å². The Balaban J connectivity index is 2.18. The van der Waals surface area contributed by atoms with Crippen LogP contribution in [0.5, 0.6) is 0 Å². The molecule has 0 aliphatic carbocycles. The molecule has 0 aliphatic heterocycles. The van der Waals surface area contributed by atoms with Crippen LogP contribution in [0.4, 0.5) is 10.2 Å². The van der Waals surface area contributed by atoms with Crippen LogP contribution in [-0.4, -0.2) is 28.8 Å². The summed E-state index contributed by atoms with van der Waals surface area (Å²) in [4.78, 5) is 23.0. The molecule has 0 saturated heterocycles. The number of methoxy groups -OCH3 is 1. The van der Waals surface area contributed by atoms with Crippen LogP contribution in [0.15, 0.2) is 18.2 Å². The highest BCUT2D eigenvalue weighted by molar-refractivity contribution is 5.96. The van der Waals surface area contributed by atoms with Gasteiger partial charge in [0.05, 0.1) is 12.6 Å². The zero-order valence-corrected chi connectivity index (χ0v) is 10.9. The lowest BCUT2D eigenvalue weighted by atomic mass is 10.2. The van der Waals surface area contributed by atoms with Crippen LogP contribution in [0.2, 0.25) is 0 Å². The quantitative estimate of drug-likeness (QED) is 0.861. The van der Waals surface area contributed by atoms with E-state index in [2.05, 4.69) is 9.84 Å². The summed E-state index contributed by atoms with van der Waals surface area (Å²) >= 11 is 0. The predicted molar refractivity (Wildman–Crippen MR) is 70.6 cm³/mol. The first kappa shape index (κ1) is 14.0. The lowest BCUT2D eigenvalue weighted by Gasteiger charge is -2.02. The number of esters is 1. The van der Waals surface area contributed by atoms with Gasteiger partial charge in [0.2, 0.25) is 5.91 Å². The molecule has 0 unspecified atom stereocenters. The van der Waals surface area contributed by atoms with E-state index in [1.165, 1.54) is 25.3 Å². The molecule has 0 radical (unpaired) electrons. The molecule has 0 spiro atoms. The van der Waals surface area contributed by atoms with E-state index in [0.717, 1.165) is 4.68 Å². The number of aromatic nitrogens is 2. The topological polar surface area (TPSA) is 87.2 Å². The number of ether oxygens (including phenoxy) is 1. The fourth-order valence-corrected chi connectivity index (χ4v) is 1.89. The molecule has 1 aromatic carbocycles. The molecule has 2 N–H and O–H groups in total. The predicted octanol–water partition coefficient (Wildman–Crippen LogP) is 1.74. The number of benzene rings is 1. The minimum absolute atomic E-state index is 0.0990. The molecule has 0 fully saturated rings. The Labute approximate surface area is 114 Å². The van der Waals surface area contributed by atoms with Gasteiger partial charge in [0.25, 0.3) is 0 Å². The first-order valence-corrected chi connectivity index (χ1v) is 6.06.